The Labute approximate surface area is 35.2 Å². The lowest BCUT2D eigenvalue weighted by atomic mass is 10.7. The minimum absolute atomic E-state index is 1.19. The zero-order valence-corrected chi connectivity index (χ0v) is 3.38. The van der Waals surface area contributed by atoms with Gasteiger partial charge in [-0.3, -0.25) is 0 Å². The fourth-order valence-electron chi connectivity index (χ4n) is 0. The summed E-state index contributed by atoms with van der Waals surface area (Å²) in [5.41, 5.74) is 0. The average Bonchev–Trinajstić information content (AvgIpc) is 1.36. The summed E-state index contributed by atoms with van der Waals surface area (Å²) in [6.07, 6.45) is -1.23. The molecule has 2 N–H and O–H groups in total. The van der Waals surface area contributed by atoms with Crippen molar-refractivity contribution in [1.82, 2.24) is 0 Å². The highest BCUT2D eigenvalue weighted by molar-refractivity contribution is 5.71. The van der Waals surface area contributed by atoms with Gasteiger partial charge in [-0.1, -0.05) is 0 Å². The molecule has 0 saturated heterocycles. The fourth-order valence-corrected chi connectivity index (χ4v) is 0. The third-order valence-electron chi connectivity index (χ3n) is 0.357. The maximum atomic E-state index is 9.45. The number of aliphatic hydroxyl groups excluding tert-OH is 1. The van der Waals surface area contributed by atoms with E-state index in [1.165, 1.54) is 6.92 Å². The normalized spacial score (nSPS) is 13.7. The molecule has 0 aromatic carbocycles. The molecule has 3 heteroatoms. The molecule has 0 aliphatic carbocycles. The third kappa shape index (κ3) is 1.72. The van der Waals surface area contributed by atoms with E-state index in [0.717, 1.165) is 0 Å². The lowest BCUT2D eigenvalue weighted by molar-refractivity contribution is -0.145. The fraction of sp³-hybridized carbons (Fsp3) is 0.667. The summed E-state index contributed by atoms with van der Waals surface area (Å²) in [6.45, 7) is 1.20. The molecule has 0 radical (unpaired) electrons. The van der Waals surface area contributed by atoms with Crippen LogP contribution in [0.3, 0.4) is 0 Å². The number of aliphatic hydroxyl groups is 1. The molecular formula is C3H6O3. The van der Waals surface area contributed by atoms with E-state index < -0.39 is 12.1 Å². The lowest BCUT2D eigenvalue weighted by Gasteiger charge is -1.89. The highest BCUT2D eigenvalue weighted by Crippen LogP contribution is 1.73. The van der Waals surface area contributed by atoms with Crippen LogP contribution in [0.1, 0.15) is 6.92 Å². The van der Waals surface area contributed by atoms with Crippen molar-refractivity contribution in [2.75, 3.05) is 0 Å². The number of rotatable bonds is 1. The van der Waals surface area contributed by atoms with Crippen LogP contribution in [0.25, 0.3) is 0 Å². The SMILES string of the molecule is CC(O)[14C](=O)O. The van der Waals surface area contributed by atoms with Crippen molar-refractivity contribution in [3.63, 3.8) is 0 Å². The van der Waals surface area contributed by atoms with Crippen molar-refractivity contribution < 1.29 is 15.0 Å². The van der Waals surface area contributed by atoms with Crippen molar-refractivity contribution in [3.05, 3.63) is 0 Å². The number of carboxylic acid groups (broad SMARTS) is 1. The van der Waals surface area contributed by atoms with Crippen molar-refractivity contribution in [2.24, 2.45) is 0 Å². The topological polar surface area (TPSA) is 57.5 Å². The Balaban J connectivity index is 3.26. The van der Waals surface area contributed by atoms with Crippen LogP contribution in [0.2, 0.25) is 0 Å². The van der Waals surface area contributed by atoms with E-state index in [9.17, 15) is 4.79 Å². The summed E-state index contributed by atoms with van der Waals surface area (Å²) in [5.74, 6) is -1.19. The number of aliphatic carboxylic acids is 1. The number of carbonyl (C=O) groups is 1. The quantitative estimate of drug-likeness (QED) is 0.456. The second-order valence-corrected chi connectivity index (χ2v) is 1.01. The molecule has 0 aromatic rings. The monoisotopic (exact) mass is 92.0 g/mol. The Bertz CT molecular complexity index is 57.1. The van der Waals surface area contributed by atoms with Crippen molar-refractivity contribution in [3.8, 4) is 0 Å². The van der Waals surface area contributed by atoms with E-state index in [1.54, 1.807) is 0 Å². The zero-order chi connectivity index (χ0) is 5.15. The lowest BCUT2D eigenvalue weighted by Crippen LogP contribution is -2.13. The van der Waals surface area contributed by atoms with Gasteiger partial charge in [-0.05, 0) is 6.92 Å². The summed E-state index contributed by atoms with van der Waals surface area (Å²) >= 11 is 0. The molecule has 1 atom stereocenters. The molecule has 0 fully saturated rings. The Hall–Kier alpha value is -0.570. The van der Waals surface area contributed by atoms with Gasteiger partial charge in [0.05, 0.1) is 0 Å². The van der Waals surface area contributed by atoms with Gasteiger partial charge in [0.2, 0.25) is 0 Å². The first-order chi connectivity index (χ1) is 2.64. The molecule has 1 unspecified atom stereocenters. The smallest absolute Gasteiger partial charge is 0.332 e. The van der Waals surface area contributed by atoms with Crippen LogP contribution in [-0.2, 0) is 4.79 Å². The van der Waals surface area contributed by atoms with E-state index in [0.29, 0.717) is 0 Å². The Morgan fingerprint density at radius 3 is 2.00 bits per heavy atom. The first kappa shape index (κ1) is 5.43. The summed E-state index contributed by atoms with van der Waals surface area (Å²) in [5, 5.41) is 15.8. The Morgan fingerprint density at radius 2 is 2.00 bits per heavy atom. The molecule has 0 amide bonds. The standard InChI is InChI=1S/C3H6O3/c1-2(4)3(5)6/h2,4H,1H3,(H,5,6)/i3+2. The summed E-state index contributed by atoms with van der Waals surface area (Å²) in [6, 6.07) is 0. The first-order valence-electron chi connectivity index (χ1n) is 1.55. The summed E-state index contributed by atoms with van der Waals surface area (Å²) < 4.78 is 0. The first-order valence-corrected chi connectivity index (χ1v) is 1.55. The van der Waals surface area contributed by atoms with Crippen LogP contribution in [0.15, 0.2) is 0 Å². The predicted molar refractivity (Wildman–Crippen MR) is 19.3 cm³/mol. The van der Waals surface area contributed by atoms with Crippen LogP contribution in [-0.4, -0.2) is 22.3 Å². The molecule has 0 aliphatic rings. The van der Waals surface area contributed by atoms with Gasteiger partial charge in [0.1, 0.15) is 6.10 Å². The van der Waals surface area contributed by atoms with E-state index in [1.807, 2.05) is 0 Å². The largest absolute Gasteiger partial charge is 0.479 e. The molecule has 0 aliphatic heterocycles. The molecule has 0 saturated carbocycles. The molecule has 0 aromatic heterocycles. The molecule has 0 heterocycles. The van der Waals surface area contributed by atoms with E-state index in [-0.39, 0.29) is 0 Å². The minimum atomic E-state index is -1.23. The summed E-state index contributed by atoms with van der Waals surface area (Å²) in [4.78, 5) is 9.45. The van der Waals surface area contributed by atoms with Gasteiger partial charge in [-0.15, -0.1) is 0 Å². The highest BCUT2D eigenvalue weighted by atomic mass is 16.7. The highest BCUT2D eigenvalue weighted by Gasteiger charge is 2.01. The minimum Gasteiger partial charge on any atom is -0.479 e. The number of carboxylic acids is 1. The van der Waals surface area contributed by atoms with Gasteiger partial charge in [0.15, 0.2) is 0 Å². The Morgan fingerprint density at radius 1 is 1.83 bits per heavy atom. The van der Waals surface area contributed by atoms with Gasteiger partial charge >= 0.3 is 5.97 Å². The van der Waals surface area contributed by atoms with Gasteiger partial charge in [-0.2, -0.15) is 0 Å². The van der Waals surface area contributed by atoms with Crippen LogP contribution >= 0.6 is 0 Å². The number of hydrogen-bond acceptors (Lipinski definition) is 2. The van der Waals surface area contributed by atoms with Crippen molar-refractivity contribution >= 4 is 5.97 Å². The second-order valence-electron chi connectivity index (χ2n) is 1.01. The van der Waals surface area contributed by atoms with Gasteiger partial charge < -0.3 is 10.2 Å². The zero-order valence-electron chi connectivity index (χ0n) is 3.38. The molecule has 3 nitrogen and oxygen atoms in total. The van der Waals surface area contributed by atoms with Gasteiger partial charge in [0, 0.05) is 0 Å². The third-order valence-corrected chi connectivity index (χ3v) is 0.357. The number of hydrogen-bond donors (Lipinski definition) is 2. The molecular weight excluding hydrogens is 86.0 g/mol. The van der Waals surface area contributed by atoms with Crippen LogP contribution in [0, 0.1) is 0 Å². The van der Waals surface area contributed by atoms with E-state index >= 15 is 0 Å². The average molecular weight is 92.1 g/mol. The van der Waals surface area contributed by atoms with E-state index in [4.69, 9.17) is 10.2 Å². The van der Waals surface area contributed by atoms with Gasteiger partial charge in [0.25, 0.3) is 0 Å². The maximum Gasteiger partial charge on any atom is 0.332 e. The predicted octanol–water partition coefficient (Wildman–Crippen LogP) is -0.548. The molecule has 36 valence electrons. The second kappa shape index (κ2) is 1.77. The van der Waals surface area contributed by atoms with Crippen LogP contribution in [0.5, 0.6) is 0 Å². The molecule has 0 spiro atoms. The molecule has 0 rings (SSSR count). The van der Waals surface area contributed by atoms with Crippen molar-refractivity contribution in [2.45, 2.75) is 13.0 Å². The summed E-state index contributed by atoms with van der Waals surface area (Å²) in [7, 11) is 0. The van der Waals surface area contributed by atoms with Crippen LogP contribution in [0.4, 0.5) is 0 Å². The van der Waals surface area contributed by atoms with Gasteiger partial charge in [-0.25, -0.2) is 4.79 Å². The van der Waals surface area contributed by atoms with Crippen molar-refractivity contribution in [1.29, 1.82) is 0 Å². The molecule has 6 heavy (non-hydrogen) atoms. The Kier molecular flexibility index (Phi) is 1.60. The maximum absolute atomic E-state index is 9.45. The van der Waals surface area contributed by atoms with E-state index in [2.05, 4.69) is 0 Å². The van der Waals surface area contributed by atoms with Crippen LogP contribution < -0.4 is 0 Å². The molecule has 0 bridgehead atoms.